The summed E-state index contributed by atoms with van der Waals surface area (Å²) >= 11 is 5.85. The van der Waals surface area contributed by atoms with E-state index in [-0.39, 0.29) is 5.92 Å². The smallest absolute Gasteiger partial charge is 0.369 e. The molecule has 74 valence electrons. The quantitative estimate of drug-likeness (QED) is 0.507. The van der Waals surface area contributed by atoms with E-state index in [0.29, 0.717) is 6.42 Å². The minimum absolute atomic E-state index is 0.227. The van der Waals surface area contributed by atoms with Gasteiger partial charge in [-0.25, -0.2) is 4.79 Å². The van der Waals surface area contributed by atoms with Crippen molar-refractivity contribution >= 4 is 23.3 Å². The van der Waals surface area contributed by atoms with Gasteiger partial charge in [-0.15, -0.1) is 0 Å². The number of hydrogen-bond donors (Lipinski definition) is 0. The highest BCUT2D eigenvalue weighted by Crippen LogP contribution is 2.31. The highest BCUT2D eigenvalue weighted by Gasteiger charge is 2.46. The van der Waals surface area contributed by atoms with Gasteiger partial charge in [0.25, 0.3) is 0 Å². The molecule has 1 unspecified atom stereocenters. The van der Waals surface area contributed by atoms with Crippen LogP contribution in [0.25, 0.3) is 0 Å². The molecule has 5 heteroatoms. The van der Waals surface area contributed by atoms with Crippen LogP contribution in [-0.2, 0) is 14.4 Å². The second kappa shape index (κ2) is 3.54. The first-order valence-corrected chi connectivity index (χ1v) is 4.39. The maximum Gasteiger partial charge on any atom is 0.369 e. The zero-order valence-electron chi connectivity index (χ0n) is 7.83. The van der Waals surface area contributed by atoms with Crippen molar-refractivity contribution in [1.29, 1.82) is 0 Å². The maximum absolute atomic E-state index is 11.2. The summed E-state index contributed by atoms with van der Waals surface area (Å²) in [6, 6.07) is 0. The summed E-state index contributed by atoms with van der Waals surface area (Å²) in [5.41, 5.74) is 0.778. The lowest BCUT2D eigenvalue weighted by molar-refractivity contribution is -0.156. The molecule has 0 aromatic heterocycles. The third-order valence-electron chi connectivity index (χ3n) is 1.87. The molecule has 0 amide bonds. The lowest BCUT2D eigenvalue weighted by atomic mass is 10.0. The van der Waals surface area contributed by atoms with E-state index in [1.165, 1.54) is 7.11 Å². The topological polar surface area (TPSA) is 47.9 Å². The number of carbonyl (C=O) groups is 1. The van der Waals surface area contributed by atoms with Gasteiger partial charge in [0, 0.05) is 0 Å². The lowest BCUT2D eigenvalue weighted by Crippen LogP contribution is -2.34. The van der Waals surface area contributed by atoms with Crippen LogP contribution in [0.2, 0.25) is 0 Å². The molecule has 0 radical (unpaired) electrons. The van der Waals surface area contributed by atoms with E-state index in [9.17, 15) is 4.79 Å². The Labute approximate surface area is 81.8 Å². The van der Waals surface area contributed by atoms with Crippen LogP contribution in [0.3, 0.4) is 0 Å². The Bertz CT molecular complexity index is 252. The third-order valence-corrected chi connectivity index (χ3v) is 2.23. The molecule has 13 heavy (non-hydrogen) atoms. The van der Waals surface area contributed by atoms with Crippen LogP contribution < -0.4 is 0 Å². The molecule has 0 saturated heterocycles. The van der Waals surface area contributed by atoms with E-state index in [4.69, 9.17) is 16.4 Å². The van der Waals surface area contributed by atoms with E-state index in [1.807, 2.05) is 13.8 Å². The average Bonchev–Trinajstić information content (AvgIpc) is 2.48. The molecule has 1 heterocycles. The maximum atomic E-state index is 11.2. The normalized spacial score (nSPS) is 27.0. The van der Waals surface area contributed by atoms with Crippen LogP contribution in [0.5, 0.6) is 0 Å². The number of alkyl halides is 1. The number of carbonyl (C=O) groups excluding carboxylic acids is 1. The van der Waals surface area contributed by atoms with Gasteiger partial charge >= 0.3 is 11.0 Å². The van der Waals surface area contributed by atoms with Gasteiger partial charge in [-0.05, 0) is 5.92 Å². The van der Waals surface area contributed by atoms with E-state index >= 15 is 0 Å². The zero-order chi connectivity index (χ0) is 10.1. The van der Waals surface area contributed by atoms with E-state index in [2.05, 4.69) is 9.89 Å². The van der Waals surface area contributed by atoms with Crippen molar-refractivity contribution < 1.29 is 14.4 Å². The van der Waals surface area contributed by atoms with Crippen LogP contribution in [0, 0.1) is 5.92 Å². The predicted molar refractivity (Wildman–Crippen MR) is 48.6 cm³/mol. The average molecular weight is 206 g/mol. The van der Waals surface area contributed by atoms with Crippen LogP contribution in [-0.4, -0.2) is 23.9 Å². The highest BCUT2D eigenvalue weighted by atomic mass is 35.5. The molecular formula is C8H12ClNO3. The Balaban J connectivity index is 2.67. The molecule has 0 bridgehead atoms. The molecule has 1 rings (SSSR count). The Hall–Kier alpha value is -0.770. The largest absolute Gasteiger partial charge is 0.465 e. The van der Waals surface area contributed by atoms with Crippen molar-refractivity contribution in [3.63, 3.8) is 0 Å². The van der Waals surface area contributed by atoms with Gasteiger partial charge in [-0.2, -0.15) is 0 Å². The second-order valence-electron chi connectivity index (χ2n) is 3.23. The number of halogens is 1. The summed E-state index contributed by atoms with van der Waals surface area (Å²) < 4.78 is 4.50. The molecule has 0 aromatic carbocycles. The van der Waals surface area contributed by atoms with Crippen molar-refractivity contribution in [2.24, 2.45) is 11.1 Å². The van der Waals surface area contributed by atoms with E-state index in [1.54, 1.807) is 0 Å². The fourth-order valence-electron chi connectivity index (χ4n) is 1.000. The van der Waals surface area contributed by atoms with Crippen LogP contribution in [0.15, 0.2) is 5.16 Å². The molecule has 4 nitrogen and oxygen atoms in total. The number of ether oxygens (including phenoxy) is 1. The van der Waals surface area contributed by atoms with Gasteiger partial charge in [0.2, 0.25) is 0 Å². The first-order chi connectivity index (χ1) is 5.99. The van der Waals surface area contributed by atoms with Gasteiger partial charge in [-0.3, -0.25) is 0 Å². The molecule has 0 fully saturated rings. The van der Waals surface area contributed by atoms with E-state index in [0.717, 1.165) is 5.71 Å². The third kappa shape index (κ3) is 1.94. The summed E-state index contributed by atoms with van der Waals surface area (Å²) in [5, 5.41) is 2.31. The van der Waals surface area contributed by atoms with Gasteiger partial charge < -0.3 is 9.57 Å². The molecule has 1 aliphatic rings. The van der Waals surface area contributed by atoms with Crippen LogP contribution in [0.1, 0.15) is 20.3 Å². The fourth-order valence-corrected chi connectivity index (χ4v) is 1.25. The Morgan fingerprint density at radius 2 is 2.38 bits per heavy atom. The summed E-state index contributed by atoms with van der Waals surface area (Å²) in [5.74, 6) is -0.376. The molecule has 0 saturated carbocycles. The minimum Gasteiger partial charge on any atom is -0.465 e. The molecule has 1 aliphatic heterocycles. The molecule has 0 aliphatic carbocycles. The first-order valence-electron chi connectivity index (χ1n) is 4.02. The number of esters is 1. The zero-order valence-corrected chi connectivity index (χ0v) is 8.59. The molecule has 0 N–H and O–H groups in total. The summed E-state index contributed by atoms with van der Waals surface area (Å²) in [4.78, 5) is 16.0. The highest BCUT2D eigenvalue weighted by molar-refractivity contribution is 6.34. The number of methoxy groups -OCH3 is 1. The standard InChI is InChI=1S/C8H12ClNO3/c1-5(2)6-4-8(9,13-10-6)7(11)12-3/h5H,4H2,1-3H3. The number of nitrogens with zero attached hydrogens (tertiary/aromatic N) is 1. The van der Waals surface area contributed by atoms with Crippen molar-refractivity contribution in [3.05, 3.63) is 0 Å². The fraction of sp³-hybridized carbons (Fsp3) is 0.750. The molecule has 1 atom stereocenters. The van der Waals surface area contributed by atoms with Gasteiger partial charge in [0.15, 0.2) is 0 Å². The Morgan fingerprint density at radius 1 is 1.77 bits per heavy atom. The predicted octanol–water partition coefficient (Wildman–Crippen LogP) is 1.53. The van der Waals surface area contributed by atoms with E-state index < -0.39 is 11.0 Å². The molecular weight excluding hydrogens is 194 g/mol. The molecule has 0 aromatic rings. The van der Waals surface area contributed by atoms with Crippen molar-refractivity contribution in [2.45, 2.75) is 25.3 Å². The lowest BCUT2D eigenvalue weighted by Gasteiger charge is -2.15. The van der Waals surface area contributed by atoms with Gasteiger partial charge in [0.05, 0.1) is 19.2 Å². The second-order valence-corrected chi connectivity index (χ2v) is 3.84. The number of oxime groups is 1. The van der Waals surface area contributed by atoms with Crippen molar-refractivity contribution in [3.8, 4) is 0 Å². The van der Waals surface area contributed by atoms with Crippen molar-refractivity contribution in [2.75, 3.05) is 7.11 Å². The van der Waals surface area contributed by atoms with Gasteiger partial charge in [0.1, 0.15) is 0 Å². The number of rotatable bonds is 2. The van der Waals surface area contributed by atoms with Gasteiger partial charge in [-0.1, -0.05) is 30.6 Å². The minimum atomic E-state index is -1.44. The first kappa shape index (κ1) is 10.3. The summed E-state index contributed by atoms with van der Waals surface area (Å²) in [7, 11) is 1.27. The van der Waals surface area contributed by atoms with Crippen LogP contribution >= 0.6 is 11.6 Å². The van der Waals surface area contributed by atoms with Crippen LogP contribution in [0.4, 0.5) is 0 Å². The number of hydrogen-bond acceptors (Lipinski definition) is 4. The SMILES string of the molecule is COC(=O)C1(Cl)CC(C(C)C)=NO1. The summed E-state index contributed by atoms with van der Waals surface area (Å²) in [6.07, 6.45) is 0.291. The summed E-state index contributed by atoms with van der Waals surface area (Å²) in [6.45, 7) is 3.92. The molecule has 0 spiro atoms. The Kier molecular flexibility index (Phi) is 2.81. The Morgan fingerprint density at radius 3 is 2.77 bits per heavy atom. The van der Waals surface area contributed by atoms with Crippen molar-refractivity contribution in [1.82, 2.24) is 0 Å². The monoisotopic (exact) mass is 205 g/mol.